The summed E-state index contributed by atoms with van der Waals surface area (Å²) in [6.45, 7) is 2.90. The topological polar surface area (TPSA) is 84.7 Å². The molecule has 7 nitrogen and oxygen atoms in total. The number of fused-ring (bicyclic) bond motifs is 5. The second kappa shape index (κ2) is 9.11. The van der Waals surface area contributed by atoms with E-state index in [4.69, 9.17) is 9.72 Å². The highest BCUT2D eigenvalue weighted by atomic mass is 16.5. The molecule has 4 heterocycles. The van der Waals surface area contributed by atoms with Crippen LogP contribution in [-0.4, -0.2) is 57.7 Å². The maximum absolute atomic E-state index is 13.7. The number of hydrogen-bond acceptors (Lipinski definition) is 4. The van der Waals surface area contributed by atoms with Crippen molar-refractivity contribution in [3.8, 4) is 11.4 Å². The fourth-order valence-electron chi connectivity index (χ4n) is 6.33. The molecule has 0 bridgehead atoms. The van der Waals surface area contributed by atoms with Gasteiger partial charge < -0.3 is 19.3 Å². The Bertz CT molecular complexity index is 1280. The monoisotopic (exact) mass is 473 g/mol. The first-order valence-electron chi connectivity index (χ1n) is 12.8. The fourth-order valence-corrected chi connectivity index (χ4v) is 6.33. The summed E-state index contributed by atoms with van der Waals surface area (Å²) in [4.78, 5) is 32.3. The van der Waals surface area contributed by atoms with Crippen LogP contribution in [0.5, 0.6) is 0 Å². The lowest BCUT2D eigenvalue weighted by Gasteiger charge is -2.30. The molecule has 1 saturated heterocycles. The van der Waals surface area contributed by atoms with Gasteiger partial charge in [0.2, 0.25) is 5.91 Å². The Morgan fingerprint density at radius 2 is 1.86 bits per heavy atom. The van der Waals surface area contributed by atoms with Crippen LogP contribution in [0.1, 0.15) is 59.5 Å². The van der Waals surface area contributed by atoms with Gasteiger partial charge in [0, 0.05) is 36.7 Å². The molecule has 0 radical (unpaired) electrons. The van der Waals surface area contributed by atoms with Gasteiger partial charge in [-0.1, -0.05) is 31.4 Å². The average Bonchev–Trinajstić information content (AvgIpc) is 3.11. The van der Waals surface area contributed by atoms with Crippen molar-refractivity contribution in [3.05, 3.63) is 53.2 Å². The van der Waals surface area contributed by atoms with Crippen LogP contribution in [-0.2, 0) is 22.5 Å². The van der Waals surface area contributed by atoms with Crippen LogP contribution in [0.15, 0.2) is 36.5 Å². The van der Waals surface area contributed by atoms with E-state index in [1.165, 1.54) is 24.8 Å². The number of aromatic carboxylic acids is 1. The van der Waals surface area contributed by atoms with Crippen molar-refractivity contribution in [3.63, 3.8) is 0 Å². The van der Waals surface area contributed by atoms with Crippen LogP contribution in [0.2, 0.25) is 0 Å². The molecular formula is C28H31N3O4. The summed E-state index contributed by atoms with van der Waals surface area (Å²) in [5.41, 5.74) is 5.58. The first-order chi connectivity index (χ1) is 17.1. The standard InChI is InChI=1S/C28H31N3O4/c32-27(30-11-13-35-14-12-30)21-15-19-7-4-10-29-25(19)26-24(18-5-2-1-3-6-18)22-9-8-20(28(33)34)16-23(22)31(26)17-21/h4,7-10,16,18,21H,1-3,5-6,11-15,17H2,(H,33,34). The molecule has 1 aromatic carbocycles. The quantitative estimate of drug-likeness (QED) is 0.606. The Morgan fingerprint density at radius 3 is 2.63 bits per heavy atom. The third-order valence-electron chi connectivity index (χ3n) is 8.02. The highest BCUT2D eigenvalue weighted by molar-refractivity contribution is 5.98. The number of amides is 1. The third kappa shape index (κ3) is 3.92. The average molecular weight is 474 g/mol. The van der Waals surface area contributed by atoms with E-state index < -0.39 is 5.97 Å². The number of pyridine rings is 1. The van der Waals surface area contributed by atoms with Crippen molar-refractivity contribution in [2.45, 2.75) is 51.0 Å². The van der Waals surface area contributed by atoms with E-state index in [0.717, 1.165) is 40.7 Å². The molecule has 1 unspecified atom stereocenters. The van der Waals surface area contributed by atoms with Crippen molar-refractivity contribution in [1.82, 2.24) is 14.5 Å². The Kier molecular flexibility index (Phi) is 5.80. The zero-order valence-corrected chi connectivity index (χ0v) is 19.9. The lowest BCUT2D eigenvalue weighted by Crippen LogP contribution is -2.45. The number of carbonyl (C=O) groups excluding carboxylic acids is 1. The fraction of sp³-hybridized carbons (Fsp3) is 0.464. The van der Waals surface area contributed by atoms with Crippen LogP contribution in [0.25, 0.3) is 22.3 Å². The van der Waals surface area contributed by atoms with Crippen LogP contribution in [0, 0.1) is 5.92 Å². The van der Waals surface area contributed by atoms with Gasteiger partial charge in [-0.3, -0.25) is 9.78 Å². The van der Waals surface area contributed by atoms with Gasteiger partial charge in [0.25, 0.3) is 0 Å². The van der Waals surface area contributed by atoms with E-state index in [9.17, 15) is 14.7 Å². The largest absolute Gasteiger partial charge is 0.478 e. The summed E-state index contributed by atoms with van der Waals surface area (Å²) in [6.07, 6.45) is 8.40. The van der Waals surface area contributed by atoms with Crippen LogP contribution < -0.4 is 0 Å². The first kappa shape index (κ1) is 22.3. The van der Waals surface area contributed by atoms with Crippen LogP contribution in [0.4, 0.5) is 0 Å². The predicted molar refractivity (Wildman–Crippen MR) is 133 cm³/mol. The van der Waals surface area contributed by atoms with Gasteiger partial charge in [-0.2, -0.15) is 0 Å². The van der Waals surface area contributed by atoms with Crippen molar-refractivity contribution in [2.24, 2.45) is 5.92 Å². The zero-order valence-electron chi connectivity index (χ0n) is 19.9. The van der Waals surface area contributed by atoms with Gasteiger partial charge in [0.05, 0.1) is 36.1 Å². The SMILES string of the molecule is O=C(O)c1ccc2c(C3CCCCC3)c3n(c2c1)CC(C(=O)N1CCOCC1)Cc1cccnc1-3. The number of nitrogens with zero attached hydrogens (tertiary/aromatic N) is 3. The molecule has 2 fully saturated rings. The highest BCUT2D eigenvalue weighted by Crippen LogP contribution is 2.46. The molecule has 2 aromatic heterocycles. The lowest BCUT2D eigenvalue weighted by molar-refractivity contribution is -0.140. The first-order valence-corrected chi connectivity index (χ1v) is 12.8. The highest BCUT2D eigenvalue weighted by Gasteiger charge is 2.35. The second-order valence-electron chi connectivity index (χ2n) is 10.1. The molecule has 182 valence electrons. The Morgan fingerprint density at radius 1 is 1.06 bits per heavy atom. The van der Waals surface area contributed by atoms with Crippen molar-refractivity contribution >= 4 is 22.8 Å². The molecule has 0 spiro atoms. The summed E-state index contributed by atoms with van der Waals surface area (Å²) in [5.74, 6) is -0.610. The summed E-state index contributed by atoms with van der Waals surface area (Å²) >= 11 is 0. The Hall–Kier alpha value is -3.19. The summed E-state index contributed by atoms with van der Waals surface area (Å²) in [5, 5.41) is 10.8. The number of rotatable bonds is 3. The van der Waals surface area contributed by atoms with Gasteiger partial charge in [-0.25, -0.2) is 4.79 Å². The van der Waals surface area contributed by atoms with Gasteiger partial charge >= 0.3 is 5.97 Å². The van der Waals surface area contributed by atoms with Gasteiger partial charge in [0.15, 0.2) is 0 Å². The maximum atomic E-state index is 13.7. The van der Waals surface area contributed by atoms with E-state index in [1.54, 1.807) is 12.1 Å². The minimum atomic E-state index is -0.935. The van der Waals surface area contributed by atoms with Crippen molar-refractivity contribution < 1.29 is 19.4 Å². The number of morpholine rings is 1. The number of aromatic nitrogens is 2. The zero-order chi connectivity index (χ0) is 23.9. The molecule has 35 heavy (non-hydrogen) atoms. The van der Waals surface area contributed by atoms with E-state index in [1.807, 2.05) is 23.2 Å². The van der Waals surface area contributed by atoms with Crippen molar-refractivity contribution in [1.29, 1.82) is 0 Å². The normalized spacial score (nSPS) is 20.8. The summed E-state index contributed by atoms with van der Waals surface area (Å²) in [6, 6.07) is 9.54. The van der Waals surface area contributed by atoms with E-state index in [0.29, 0.717) is 45.2 Å². The summed E-state index contributed by atoms with van der Waals surface area (Å²) in [7, 11) is 0. The number of benzene rings is 1. The number of carboxylic acid groups (broad SMARTS) is 1. The molecule has 1 amide bonds. The van der Waals surface area contributed by atoms with Gasteiger partial charge in [-0.15, -0.1) is 0 Å². The maximum Gasteiger partial charge on any atom is 0.335 e. The van der Waals surface area contributed by atoms with E-state index in [2.05, 4.69) is 10.6 Å². The molecule has 1 saturated carbocycles. The Balaban J connectivity index is 1.56. The van der Waals surface area contributed by atoms with Crippen LogP contribution in [0.3, 0.4) is 0 Å². The predicted octanol–water partition coefficient (Wildman–Crippen LogP) is 4.48. The third-order valence-corrected chi connectivity index (χ3v) is 8.02. The molecule has 1 N–H and O–H groups in total. The molecule has 3 aromatic rings. The molecule has 3 aliphatic rings. The van der Waals surface area contributed by atoms with E-state index in [-0.39, 0.29) is 17.4 Å². The number of carboxylic acids is 1. The van der Waals surface area contributed by atoms with Crippen LogP contribution >= 0.6 is 0 Å². The molecule has 7 heteroatoms. The Labute approximate surface area is 204 Å². The molecular weight excluding hydrogens is 442 g/mol. The number of hydrogen-bond donors (Lipinski definition) is 1. The lowest BCUT2D eigenvalue weighted by atomic mass is 9.82. The van der Waals surface area contributed by atoms with Crippen molar-refractivity contribution in [2.75, 3.05) is 26.3 Å². The minimum Gasteiger partial charge on any atom is -0.478 e. The minimum absolute atomic E-state index is 0.145. The number of ether oxygens (including phenoxy) is 1. The molecule has 1 atom stereocenters. The number of carbonyl (C=O) groups is 2. The summed E-state index contributed by atoms with van der Waals surface area (Å²) < 4.78 is 7.69. The molecule has 1 aliphatic carbocycles. The smallest absolute Gasteiger partial charge is 0.335 e. The molecule has 2 aliphatic heterocycles. The van der Waals surface area contributed by atoms with Gasteiger partial charge in [0.1, 0.15) is 0 Å². The second-order valence-corrected chi connectivity index (χ2v) is 10.1. The van der Waals surface area contributed by atoms with Gasteiger partial charge in [-0.05, 0) is 54.5 Å². The van der Waals surface area contributed by atoms with E-state index >= 15 is 0 Å². The molecule has 6 rings (SSSR count).